The fourth-order valence-corrected chi connectivity index (χ4v) is 4.96. The average molecular weight is 509 g/mol. The monoisotopic (exact) mass is 508 g/mol. The number of ether oxygens (including phenoxy) is 4. The Bertz CT molecular complexity index is 707. The molecule has 0 aliphatic carbocycles. The van der Waals surface area contributed by atoms with E-state index < -0.39 is 17.1 Å². The molecule has 2 aliphatic heterocycles. The molecule has 0 spiro atoms. The third kappa shape index (κ3) is 9.48. The van der Waals surface area contributed by atoms with Crippen LogP contribution >= 0.6 is 0 Å². The summed E-state index contributed by atoms with van der Waals surface area (Å²) in [5.74, 6) is 0.319. The lowest BCUT2D eigenvalue weighted by atomic mass is 9.78. The summed E-state index contributed by atoms with van der Waals surface area (Å²) in [4.78, 5) is 24.9. The van der Waals surface area contributed by atoms with Crippen LogP contribution in [0.25, 0.3) is 0 Å². The van der Waals surface area contributed by atoms with E-state index in [-0.39, 0.29) is 11.9 Å². The van der Waals surface area contributed by atoms with Crippen molar-refractivity contribution in [3.63, 3.8) is 0 Å². The van der Waals surface area contributed by atoms with Crippen LogP contribution in [-0.4, -0.2) is 43.7 Å². The van der Waals surface area contributed by atoms with E-state index in [9.17, 15) is 9.59 Å². The summed E-state index contributed by atoms with van der Waals surface area (Å²) < 4.78 is 23.2. The number of allylic oxidation sites excluding steroid dienone is 2. The van der Waals surface area contributed by atoms with Gasteiger partial charge in [0.2, 0.25) is 6.29 Å². The summed E-state index contributed by atoms with van der Waals surface area (Å²) in [5, 5.41) is 0. The number of carbonyl (C=O) groups is 2. The molecular weight excluding hydrogens is 456 g/mol. The van der Waals surface area contributed by atoms with Crippen molar-refractivity contribution in [1.29, 1.82) is 0 Å². The summed E-state index contributed by atoms with van der Waals surface area (Å²) in [6.45, 7) is 14.9. The number of fused-ring (bicyclic) bond motifs is 2. The van der Waals surface area contributed by atoms with Crippen LogP contribution in [0, 0.1) is 22.7 Å². The summed E-state index contributed by atoms with van der Waals surface area (Å²) in [5.41, 5.74) is -1.29. The second kappa shape index (κ2) is 14.5. The molecule has 208 valence electrons. The molecule has 5 atom stereocenters. The van der Waals surface area contributed by atoms with Crippen LogP contribution in [0.2, 0.25) is 0 Å². The number of hydrogen-bond acceptors (Lipinski definition) is 6. The Morgan fingerprint density at radius 2 is 1.58 bits per heavy atom. The summed E-state index contributed by atoms with van der Waals surface area (Å²) >= 11 is 0. The van der Waals surface area contributed by atoms with Crippen molar-refractivity contribution in [2.45, 2.75) is 131 Å². The smallest absolute Gasteiger partial charge is 0.314 e. The topological polar surface area (TPSA) is 71.1 Å². The van der Waals surface area contributed by atoms with Gasteiger partial charge in [0.15, 0.2) is 0 Å². The van der Waals surface area contributed by atoms with Crippen molar-refractivity contribution in [2.24, 2.45) is 22.7 Å². The van der Waals surface area contributed by atoms with Gasteiger partial charge in [-0.05, 0) is 79.1 Å². The first-order valence-corrected chi connectivity index (χ1v) is 14.3. The molecule has 1 unspecified atom stereocenters. The van der Waals surface area contributed by atoms with Gasteiger partial charge in [0.05, 0.1) is 29.6 Å². The second-order valence-corrected chi connectivity index (χ2v) is 12.3. The molecule has 2 rings (SSSR count). The second-order valence-electron chi connectivity index (χ2n) is 12.3. The zero-order valence-corrected chi connectivity index (χ0v) is 24.0. The lowest BCUT2D eigenvalue weighted by Crippen LogP contribution is -2.35. The van der Waals surface area contributed by atoms with Crippen LogP contribution in [0.1, 0.15) is 113 Å². The Kier molecular flexibility index (Phi) is 12.4. The van der Waals surface area contributed by atoms with Crippen molar-refractivity contribution >= 4 is 11.9 Å². The van der Waals surface area contributed by atoms with E-state index in [1.54, 1.807) is 20.8 Å². The van der Waals surface area contributed by atoms with Crippen molar-refractivity contribution in [3.8, 4) is 0 Å². The minimum Gasteiger partial charge on any atom is -0.425 e. The van der Waals surface area contributed by atoms with E-state index in [2.05, 4.69) is 19.1 Å². The van der Waals surface area contributed by atoms with Gasteiger partial charge in [-0.2, -0.15) is 0 Å². The molecule has 0 N–H and O–H groups in total. The van der Waals surface area contributed by atoms with Gasteiger partial charge < -0.3 is 18.9 Å². The molecule has 2 bridgehead atoms. The third-order valence-corrected chi connectivity index (χ3v) is 7.53. The molecular formula is C30H52O6. The van der Waals surface area contributed by atoms with Crippen molar-refractivity contribution < 1.29 is 28.5 Å². The maximum Gasteiger partial charge on any atom is 0.314 e. The third-order valence-electron chi connectivity index (χ3n) is 7.53. The number of hydrogen-bond donors (Lipinski definition) is 0. The van der Waals surface area contributed by atoms with E-state index in [0.717, 1.165) is 45.3 Å². The largest absolute Gasteiger partial charge is 0.425 e. The molecule has 0 saturated carbocycles. The lowest BCUT2D eigenvalue weighted by Gasteiger charge is -2.27. The predicted molar refractivity (Wildman–Crippen MR) is 142 cm³/mol. The van der Waals surface area contributed by atoms with Crippen molar-refractivity contribution in [2.75, 3.05) is 13.2 Å². The van der Waals surface area contributed by atoms with E-state index in [4.69, 9.17) is 18.9 Å². The first-order chi connectivity index (χ1) is 17.0. The van der Waals surface area contributed by atoms with Gasteiger partial charge in [-0.1, -0.05) is 45.3 Å². The number of unbranched alkanes of at least 4 members (excludes halogenated alkanes) is 3. The van der Waals surface area contributed by atoms with E-state index in [1.807, 2.05) is 20.8 Å². The Balaban J connectivity index is 1.75. The Labute approximate surface area is 219 Å². The number of esters is 2. The molecule has 2 aliphatic rings. The van der Waals surface area contributed by atoms with Gasteiger partial charge in [0, 0.05) is 18.9 Å². The molecule has 6 heteroatoms. The van der Waals surface area contributed by atoms with Crippen LogP contribution in [-0.2, 0) is 28.5 Å². The zero-order valence-electron chi connectivity index (χ0n) is 24.0. The summed E-state index contributed by atoms with van der Waals surface area (Å²) in [7, 11) is 0. The Morgan fingerprint density at radius 3 is 2.22 bits per heavy atom. The van der Waals surface area contributed by atoms with Gasteiger partial charge >= 0.3 is 11.9 Å². The minimum atomic E-state index is -0.845. The Morgan fingerprint density at radius 1 is 0.917 bits per heavy atom. The van der Waals surface area contributed by atoms with Crippen molar-refractivity contribution in [1.82, 2.24) is 0 Å². The normalized spacial score (nSPS) is 24.9. The summed E-state index contributed by atoms with van der Waals surface area (Å²) in [6.07, 6.45) is 14.5. The van der Waals surface area contributed by atoms with Crippen molar-refractivity contribution in [3.05, 3.63) is 12.2 Å². The van der Waals surface area contributed by atoms with Gasteiger partial charge in [-0.25, -0.2) is 0 Å². The lowest BCUT2D eigenvalue weighted by molar-refractivity contribution is -0.200. The van der Waals surface area contributed by atoms with E-state index >= 15 is 0 Å². The standard InChI is InChI=1S/C30H52O6/c1-8-10-11-15-20-33-21-23-22(24-17-18-25(23)34-24)16-13-12-14-19-30(6,7)28(32)36-26(9-2)35-27(31)29(3,4)5/h12-13,22-26H,8-11,14-21H2,1-7H3/t22-,23-,24+,25-,26?/m1/s1. The minimum absolute atomic E-state index is 0.331. The molecule has 0 amide bonds. The van der Waals surface area contributed by atoms with Crippen LogP contribution in [0.3, 0.4) is 0 Å². The fourth-order valence-electron chi connectivity index (χ4n) is 4.96. The van der Waals surface area contributed by atoms with Gasteiger partial charge in [-0.3, -0.25) is 9.59 Å². The zero-order chi connectivity index (χ0) is 26.8. The summed E-state index contributed by atoms with van der Waals surface area (Å²) in [6, 6.07) is 0. The molecule has 36 heavy (non-hydrogen) atoms. The highest BCUT2D eigenvalue weighted by Crippen LogP contribution is 2.45. The number of rotatable bonds is 16. The van der Waals surface area contributed by atoms with Crippen LogP contribution in [0.5, 0.6) is 0 Å². The van der Waals surface area contributed by atoms with Crippen LogP contribution in [0.15, 0.2) is 12.2 Å². The quantitative estimate of drug-likeness (QED) is 0.0967. The fraction of sp³-hybridized carbons (Fsp3) is 0.867. The average Bonchev–Trinajstić information content (AvgIpc) is 3.42. The molecule has 0 aromatic carbocycles. The molecule has 0 radical (unpaired) electrons. The highest BCUT2D eigenvalue weighted by atomic mass is 16.7. The van der Waals surface area contributed by atoms with Gasteiger partial charge in [0.25, 0.3) is 0 Å². The molecule has 2 saturated heterocycles. The predicted octanol–water partition coefficient (Wildman–Crippen LogP) is 7.00. The Hall–Kier alpha value is -1.40. The van der Waals surface area contributed by atoms with Gasteiger partial charge in [-0.15, -0.1) is 0 Å². The highest BCUT2D eigenvalue weighted by Gasteiger charge is 2.48. The molecule has 0 aromatic heterocycles. The first-order valence-electron chi connectivity index (χ1n) is 14.3. The molecule has 0 aromatic rings. The molecule has 6 nitrogen and oxygen atoms in total. The SMILES string of the molecule is CCCCCCOC[C@@H]1[C@@H](CC=CCCC(C)(C)C(=O)OC(CC)OC(=O)C(C)(C)C)[C@@H]2CC[C@H]1O2. The van der Waals surface area contributed by atoms with Crippen LogP contribution < -0.4 is 0 Å². The van der Waals surface area contributed by atoms with E-state index in [1.165, 1.54) is 19.3 Å². The van der Waals surface area contributed by atoms with E-state index in [0.29, 0.717) is 36.9 Å². The highest BCUT2D eigenvalue weighted by molar-refractivity contribution is 5.77. The first kappa shape index (κ1) is 30.8. The van der Waals surface area contributed by atoms with Gasteiger partial charge in [0.1, 0.15) is 0 Å². The molecule has 2 fully saturated rings. The van der Waals surface area contributed by atoms with Crippen LogP contribution in [0.4, 0.5) is 0 Å². The maximum absolute atomic E-state index is 12.8. The molecule has 2 heterocycles. The number of carbonyl (C=O) groups excluding carboxylic acids is 2. The maximum atomic E-state index is 12.8.